The number of fused-ring (bicyclic) bond motifs is 1. The van der Waals surface area contributed by atoms with Gasteiger partial charge in [-0.15, -0.1) is 0 Å². The third-order valence-corrected chi connectivity index (χ3v) is 4.69. The van der Waals surface area contributed by atoms with Gasteiger partial charge in [0.1, 0.15) is 0 Å². The zero-order chi connectivity index (χ0) is 13.2. The van der Waals surface area contributed by atoms with E-state index >= 15 is 0 Å². The maximum Gasteiger partial charge on any atom is 0.255 e. The Balaban J connectivity index is 1.70. The minimum atomic E-state index is 0.113. The molecule has 1 N–H and O–H groups in total. The molecule has 2 aliphatic heterocycles. The lowest BCUT2D eigenvalue weighted by Gasteiger charge is -2.20. The molecule has 4 nitrogen and oxygen atoms in total. The van der Waals surface area contributed by atoms with Gasteiger partial charge in [-0.25, -0.2) is 0 Å². The Morgan fingerprint density at radius 2 is 1.95 bits per heavy atom. The summed E-state index contributed by atoms with van der Waals surface area (Å²) in [6.07, 6.45) is 5.59. The number of amides is 1. The van der Waals surface area contributed by atoms with E-state index in [2.05, 4.69) is 26.2 Å². The van der Waals surface area contributed by atoms with Crippen molar-refractivity contribution in [1.29, 1.82) is 0 Å². The predicted octanol–water partition coefficient (Wildman–Crippen LogP) is 1.92. The van der Waals surface area contributed by atoms with Crippen LogP contribution in [0.1, 0.15) is 23.2 Å². The van der Waals surface area contributed by atoms with Gasteiger partial charge in [-0.1, -0.05) is 0 Å². The third kappa shape index (κ3) is 2.82. The van der Waals surface area contributed by atoms with E-state index in [9.17, 15) is 4.79 Å². The molecule has 1 amide bonds. The van der Waals surface area contributed by atoms with Crippen molar-refractivity contribution >= 4 is 21.8 Å². The van der Waals surface area contributed by atoms with Gasteiger partial charge in [0.05, 0.1) is 5.56 Å². The zero-order valence-corrected chi connectivity index (χ0v) is 12.4. The standard InChI is InChI=1S/C14H18BrN3O/c15-13-5-12(8-17-9-13)14(19)18-3-1-10-6-16-7-11(10)2-4-18/h5,8-11,16H,1-4,6-7H2/t10-,11+. The molecule has 0 aromatic carbocycles. The molecule has 102 valence electrons. The number of halogens is 1. The van der Waals surface area contributed by atoms with Gasteiger partial charge in [0.25, 0.3) is 5.91 Å². The number of carbonyl (C=O) groups is 1. The van der Waals surface area contributed by atoms with Crippen molar-refractivity contribution in [3.05, 3.63) is 28.5 Å². The van der Waals surface area contributed by atoms with Gasteiger partial charge in [-0.3, -0.25) is 9.78 Å². The Morgan fingerprint density at radius 3 is 2.58 bits per heavy atom. The summed E-state index contributed by atoms with van der Waals surface area (Å²) >= 11 is 3.37. The highest BCUT2D eigenvalue weighted by Gasteiger charge is 2.31. The molecule has 19 heavy (non-hydrogen) atoms. The predicted molar refractivity (Wildman–Crippen MR) is 76.9 cm³/mol. The van der Waals surface area contributed by atoms with E-state index in [4.69, 9.17) is 0 Å². The third-order valence-electron chi connectivity index (χ3n) is 4.26. The van der Waals surface area contributed by atoms with E-state index in [1.807, 2.05) is 11.0 Å². The van der Waals surface area contributed by atoms with Crippen LogP contribution in [-0.4, -0.2) is 42.0 Å². The van der Waals surface area contributed by atoms with Crippen molar-refractivity contribution in [2.24, 2.45) is 11.8 Å². The summed E-state index contributed by atoms with van der Waals surface area (Å²) in [5.74, 6) is 1.61. The first-order chi connectivity index (χ1) is 9.24. The summed E-state index contributed by atoms with van der Waals surface area (Å²) in [6, 6.07) is 1.85. The Morgan fingerprint density at radius 1 is 1.26 bits per heavy atom. The number of carbonyl (C=O) groups excluding carboxylic acids is 1. The number of likely N-dealkylation sites (tertiary alicyclic amines) is 1. The van der Waals surface area contributed by atoms with E-state index in [-0.39, 0.29) is 5.91 Å². The van der Waals surface area contributed by atoms with Crippen LogP contribution in [0.15, 0.2) is 22.9 Å². The average Bonchev–Trinajstić information content (AvgIpc) is 2.77. The number of nitrogens with one attached hydrogen (secondary N) is 1. The van der Waals surface area contributed by atoms with Crippen molar-refractivity contribution in [3.8, 4) is 0 Å². The Labute approximate surface area is 121 Å². The second-order valence-electron chi connectivity index (χ2n) is 5.44. The highest BCUT2D eigenvalue weighted by molar-refractivity contribution is 9.10. The Bertz CT molecular complexity index is 466. The Kier molecular flexibility index (Phi) is 3.84. The average molecular weight is 324 g/mol. The monoisotopic (exact) mass is 323 g/mol. The molecular weight excluding hydrogens is 306 g/mol. The zero-order valence-electron chi connectivity index (χ0n) is 10.8. The minimum Gasteiger partial charge on any atom is -0.339 e. The molecule has 2 atom stereocenters. The molecule has 3 rings (SSSR count). The lowest BCUT2D eigenvalue weighted by molar-refractivity contribution is 0.0758. The summed E-state index contributed by atoms with van der Waals surface area (Å²) in [5, 5.41) is 3.46. The van der Waals surface area contributed by atoms with Crippen LogP contribution < -0.4 is 5.32 Å². The van der Waals surface area contributed by atoms with Crippen LogP contribution in [0.2, 0.25) is 0 Å². The van der Waals surface area contributed by atoms with E-state index < -0.39 is 0 Å². The normalized spacial score (nSPS) is 26.9. The first kappa shape index (κ1) is 13.1. The molecule has 5 heteroatoms. The molecule has 2 aliphatic rings. The van der Waals surface area contributed by atoms with Crippen molar-refractivity contribution in [3.63, 3.8) is 0 Å². The summed E-state index contributed by atoms with van der Waals surface area (Å²) in [5.41, 5.74) is 0.680. The maximum atomic E-state index is 12.5. The van der Waals surface area contributed by atoms with Gasteiger partial charge in [0, 0.05) is 30.0 Å². The molecule has 2 saturated heterocycles. The van der Waals surface area contributed by atoms with Crippen LogP contribution in [-0.2, 0) is 0 Å². The van der Waals surface area contributed by atoms with Crippen molar-refractivity contribution in [2.75, 3.05) is 26.2 Å². The number of rotatable bonds is 1. The van der Waals surface area contributed by atoms with Crippen LogP contribution in [0.4, 0.5) is 0 Å². The largest absolute Gasteiger partial charge is 0.339 e. The fourth-order valence-corrected chi connectivity index (χ4v) is 3.50. The highest BCUT2D eigenvalue weighted by Crippen LogP contribution is 2.27. The molecule has 1 aromatic heterocycles. The van der Waals surface area contributed by atoms with Gasteiger partial charge < -0.3 is 10.2 Å². The molecule has 0 unspecified atom stereocenters. The first-order valence-corrected chi connectivity index (χ1v) is 7.64. The van der Waals surface area contributed by atoms with E-state index in [1.165, 1.54) is 0 Å². The van der Waals surface area contributed by atoms with Crippen molar-refractivity contribution in [2.45, 2.75) is 12.8 Å². The van der Waals surface area contributed by atoms with E-state index in [0.717, 1.165) is 55.3 Å². The molecule has 0 saturated carbocycles. The molecule has 2 fully saturated rings. The second-order valence-corrected chi connectivity index (χ2v) is 6.36. The molecular formula is C14H18BrN3O. The van der Waals surface area contributed by atoms with Gasteiger partial charge in [-0.05, 0) is 59.8 Å². The summed E-state index contributed by atoms with van der Waals surface area (Å²) < 4.78 is 0.856. The fourth-order valence-electron chi connectivity index (χ4n) is 3.13. The number of nitrogens with zero attached hydrogens (tertiary/aromatic N) is 2. The van der Waals surface area contributed by atoms with Crippen LogP contribution in [0.25, 0.3) is 0 Å². The SMILES string of the molecule is O=C(c1cncc(Br)c1)N1CC[C@@H]2CNC[C@@H]2CC1. The maximum absolute atomic E-state index is 12.5. The second kappa shape index (κ2) is 5.59. The number of pyridine rings is 1. The molecule has 0 radical (unpaired) electrons. The quantitative estimate of drug-likeness (QED) is 0.858. The first-order valence-electron chi connectivity index (χ1n) is 6.84. The molecule has 0 bridgehead atoms. The van der Waals surface area contributed by atoms with Gasteiger partial charge in [0.2, 0.25) is 0 Å². The highest BCUT2D eigenvalue weighted by atomic mass is 79.9. The van der Waals surface area contributed by atoms with Gasteiger partial charge in [-0.2, -0.15) is 0 Å². The minimum absolute atomic E-state index is 0.113. The lowest BCUT2D eigenvalue weighted by Crippen LogP contribution is -2.32. The smallest absolute Gasteiger partial charge is 0.255 e. The van der Waals surface area contributed by atoms with Crippen molar-refractivity contribution in [1.82, 2.24) is 15.2 Å². The van der Waals surface area contributed by atoms with Crippen LogP contribution >= 0.6 is 15.9 Å². The van der Waals surface area contributed by atoms with Crippen LogP contribution in [0.3, 0.4) is 0 Å². The number of hydrogen-bond donors (Lipinski definition) is 1. The summed E-state index contributed by atoms with van der Waals surface area (Å²) in [6.45, 7) is 3.97. The van der Waals surface area contributed by atoms with Gasteiger partial charge in [0.15, 0.2) is 0 Å². The fraction of sp³-hybridized carbons (Fsp3) is 0.571. The Hall–Kier alpha value is -0.940. The summed E-state index contributed by atoms with van der Waals surface area (Å²) in [4.78, 5) is 18.5. The molecule has 0 aliphatic carbocycles. The van der Waals surface area contributed by atoms with Crippen LogP contribution in [0.5, 0.6) is 0 Å². The number of aromatic nitrogens is 1. The molecule has 0 spiro atoms. The number of hydrogen-bond acceptors (Lipinski definition) is 3. The van der Waals surface area contributed by atoms with E-state index in [0.29, 0.717) is 5.56 Å². The topological polar surface area (TPSA) is 45.2 Å². The summed E-state index contributed by atoms with van der Waals surface area (Å²) in [7, 11) is 0. The molecule has 3 heterocycles. The molecule has 1 aromatic rings. The van der Waals surface area contributed by atoms with Crippen molar-refractivity contribution < 1.29 is 4.79 Å². The van der Waals surface area contributed by atoms with Gasteiger partial charge >= 0.3 is 0 Å². The van der Waals surface area contributed by atoms with Crippen LogP contribution in [0, 0.1) is 11.8 Å². The van der Waals surface area contributed by atoms with E-state index in [1.54, 1.807) is 12.4 Å². The lowest BCUT2D eigenvalue weighted by atomic mass is 9.92.